The van der Waals surface area contributed by atoms with E-state index in [0.29, 0.717) is 11.4 Å². The van der Waals surface area contributed by atoms with Crippen molar-refractivity contribution in [1.82, 2.24) is 5.16 Å². The maximum absolute atomic E-state index is 11.8. The minimum atomic E-state index is -0.462. The van der Waals surface area contributed by atoms with Crippen molar-refractivity contribution in [3.8, 4) is 5.75 Å². The molecule has 0 spiro atoms. The van der Waals surface area contributed by atoms with E-state index in [0.717, 1.165) is 5.75 Å². The SMILES string of the molecule is Cc1cc(NC(=O)CC(=O)Nc2ccc(OC(C)C)cc2)no1. The molecule has 122 valence electrons. The molecular weight excluding hydrogens is 298 g/mol. The Kier molecular flexibility index (Phi) is 5.35. The van der Waals surface area contributed by atoms with Gasteiger partial charge >= 0.3 is 0 Å². The van der Waals surface area contributed by atoms with Crippen molar-refractivity contribution >= 4 is 23.3 Å². The van der Waals surface area contributed by atoms with E-state index >= 15 is 0 Å². The minimum absolute atomic E-state index is 0.0827. The molecule has 0 radical (unpaired) electrons. The molecule has 2 N–H and O–H groups in total. The van der Waals surface area contributed by atoms with Gasteiger partial charge in [-0.15, -0.1) is 0 Å². The number of amides is 2. The van der Waals surface area contributed by atoms with Crippen molar-refractivity contribution < 1.29 is 18.8 Å². The summed E-state index contributed by atoms with van der Waals surface area (Å²) < 4.78 is 10.3. The van der Waals surface area contributed by atoms with Gasteiger partial charge in [0.05, 0.1) is 6.10 Å². The van der Waals surface area contributed by atoms with Crippen LogP contribution in [0.2, 0.25) is 0 Å². The molecule has 0 aliphatic rings. The molecule has 1 aromatic heterocycles. The van der Waals surface area contributed by atoms with E-state index in [1.807, 2.05) is 13.8 Å². The molecule has 0 fully saturated rings. The van der Waals surface area contributed by atoms with Crippen LogP contribution in [0.4, 0.5) is 11.5 Å². The maximum atomic E-state index is 11.8. The van der Waals surface area contributed by atoms with Crippen LogP contribution < -0.4 is 15.4 Å². The number of aromatic nitrogens is 1. The van der Waals surface area contributed by atoms with Crippen molar-refractivity contribution in [1.29, 1.82) is 0 Å². The van der Waals surface area contributed by atoms with E-state index in [1.54, 1.807) is 37.3 Å². The fourth-order valence-corrected chi connectivity index (χ4v) is 1.85. The Morgan fingerprint density at radius 1 is 1.17 bits per heavy atom. The number of hydrogen-bond acceptors (Lipinski definition) is 5. The summed E-state index contributed by atoms with van der Waals surface area (Å²) in [7, 11) is 0. The Bertz CT molecular complexity index is 677. The summed E-state index contributed by atoms with van der Waals surface area (Å²) in [5.41, 5.74) is 0.594. The first-order chi connectivity index (χ1) is 10.9. The van der Waals surface area contributed by atoms with E-state index in [9.17, 15) is 9.59 Å². The summed E-state index contributed by atoms with van der Waals surface area (Å²) in [5.74, 6) is 0.705. The summed E-state index contributed by atoms with van der Waals surface area (Å²) in [6.45, 7) is 5.58. The number of nitrogens with one attached hydrogen (secondary N) is 2. The molecular formula is C16H19N3O4. The van der Waals surface area contributed by atoms with Gasteiger partial charge in [-0.3, -0.25) is 9.59 Å². The molecule has 23 heavy (non-hydrogen) atoms. The highest BCUT2D eigenvalue weighted by molar-refractivity contribution is 6.07. The number of benzene rings is 1. The van der Waals surface area contributed by atoms with Gasteiger partial charge in [0.1, 0.15) is 17.9 Å². The Morgan fingerprint density at radius 3 is 2.39 bits per heavy atom. The van der Waals surface area contributed by atoms with Crippen molar-refractivity contribution in [2.75, 3.05) is 10.6 Å². The zero-order valence-corrected chi connectivity index (χ0v) is 13.3. The lowest BCUT2D eigenvalue weighted by Crippen LogP contribution is -2.21. The fraction of sp³-hybridized carbons (Fsp3) is 0.312. The van der Waals surface area contributed by atoms with Gasteiger partial charge in [0.25, 0.3) is 0 Å². The Labute approximate surface area is 134 Å². The molecule has 7 nitrogen and oxygen atoms in total. The predicted molar refractivity (Wildman–Crippen MR) is 85.3 cm³/mol. The van der Waals surface area contributed by atoms with E-state index < -0.39 is 11.8 Å². The van der Waals surface area contributed by atoms with Crippen LogP contribution in [0.5, 0.6) is 5.75 Å². The summed E-state index contributed by atoms with van der Waals surface area (Å²) in [5, 5.41) is 8.76. The average molecular weight is 317 g/mol. The van der Waals surface area contributed by atoms with Crippen LogP contribution in [-0.4, -0.2) is 23.1 Å². The molecule has 7 heteroatoms. The number of hydrogen-bond donors (Lipinski definition) is 2. The number of rotatable bonds is 6. The standard InChI is InChI=1S/C16H19N3O4/c1-10(2)22-13-6-4-12(5-7-13)17-15(20)9-16(21)18-14-8-11(3)23-19-14/h4-8,10H,9H2,1-3H3,(H,17,20)(H,18,19,21). The van der Waals surface area contributed by atoms with Gasteiger partial charge in [-0.25, -0.2) is 0 Å². The van der Waals surface area contributed by atoms with Gasteiger partial charge in [0.15, 0.2) is 5.82 Å². The van der Waals surface area contributed by atoms with Gasteiger partial charge in [-0.1, -0.05) is 5.16 Å². The molecule has 2 amide bonds. The molecule has 0 aliphatic carbocycles. The van der Waals surface area contributed by atoms with E-state index in [-0.39, 0.29) is 18.3 Å². The number of nitrogens with zero attached hydrogens (tertiary/aromatic N) is 1. The Hall–Kier alpha value is -2.83. The molecule has 2 aromatic rings. The van der Waals surface area contributed by atoms with Crippen molar-refractivity contribution in [3.63, 3.8) is 0 Å². The molecule has 0 saturated heterocycles. The number of carbonyl (C=O) groups excluding carboxylic acids is 2. The third-order valence-corrected chi connectivity index (χ3v) is 2.73. The highest BCUT2D eigenvalue weighted by Crippen LogP contribution is 2.17. The summed E-state index contributed by atoms with van der Waals surface area (Å²) in [4.78, 5) is 23.6. The molecule has 0 saturated carbocycles. The zero-order chi connectivity index (χ0) is 16.8. The monoisotopic (exact) mass is 317 g/mol. The second kappa shape index (κ2) is 7.44. The number of carbonyl (C=O) groups is 2. The zero-order valence-electron chi connectivity index (χ0n) is 13.3. The molecule has 0 bridgehead atoms. The van der Waals surface area contributed by atoms with Gasteiger partial charge in [0, 0.05) is 11.8 Å². The van der Waals surface area contributed by atoms with E-state index in [1.165, 1.54) is 0 Å². The largest absolute Gasteiger partial charge is 0.491 e. The topological polar surface area (TPSA) is 93.5 Å². The predicted octanol–water partition coefficient (Wildman–Crippen LogP) is 2.74. The highest BCUT2D eigenvalue weighted by atomic mass is 16.5. The minimum Gasteiger partial charge on any atom is -0.491 e. The number of ether oxygens (including phenoxy) is 1. The summed E-state index contributed by atoms with van der Waals surface area (Å²) in [6.07, 6.45) is -0.227. The average Bonchev–Trinajstić information content (AvgIpc) is 2.85. The van der Waals surface area contributed by atoms with Crippen molar-refractivity contribution in [2.45, 2.75) is 33.3 Å². The van der Waals surface area contributed by atoms with Crippen LogP contribution in [0.3, 0.4) is 0 Å². The fourth-order valence-electron chi connectivity index (χ4n) is 1.85. The maximum Gasteiger partial charge on any atom is 0.235 e. The van der Waals surface area contributed by atoms with Crippen LogP contribution in [-0.2, 0) is 9.59 Å². The third-order valence-electron chi connectivity index (χ3n) is 2.73. The van der Waals surface area contributed by atoms with Crippen molar-refractivity contribution in [2.24, 2.45) is 0 Å². The van der Waals surface area contributed by atoms with Crippen LogP contribution in [0.15, 0.2) is 34.9 Å². The Balaban J connectivity index is 1.83. The van der Waals surface area contributed by atoms with E-state index in [2.05, 4.69) is 15.8 Å². The van der Waals surface area contributed by atoms with Gasteiger partial charge in [-0.05, 0) is 45.0 Å². The smallest absolute Gasteiger partial charge is 0.235 e. The lowest BCUT2D eigenvalue weighted by Gasteiger charge is -2.10. The van der Waals surface area contributed by atoms with Crippen LogP contribution in [0, 0.1) is 6.92 Å². The molecule has 0 unspecified atom stereocenters. The van der Waals surface area contributed by atoms with E-state index in [4.69, 9.17) is 9.26 Å². The lowest BCUT2D eigenvalue weighted by molar-refractivity contribution is -0.123. The Morgan fingerprint density at radius 2 is 1.83 bits per heavy atom. The third kappa shape index (κ3) is 5.46. The summed E-state index contributed by atoms with van der Waals surface area (Å²) in [6, 6.07) is 8.52. The first-order valence-corrected chi connectivity index (χ1v) is 7.22. The van der Waals surface area contributed by atoms with Gasteiger partial charge in [0.2, 0.25) is 11.8 Å². The number of anilines is 2. The molecule has 1 aromatic carbocycles. The normalized spacial score (nSPS) is 10.4. The van der Waals surface area contributed by atoms with Crippen LogP contribution in [0.1, 0.15) is 26.0 Å². The second-order valence-electron chi connectivity index (χ2n) is 5.29. The van der Waals surface area contributed by atoms with Crippen molar-refractivity contribution in [3.05, 3.63) is 36.1 Å². The molecule has 0 atom stereocenters. The van der Waals surface area contributed by atoms with Crippen LogP contribution in [0.25, 0.3) is 0 Å². The van der Waals surface area contributed by atoms with Gasteiger partial charge < -0.3 is 19.9 Å². The highest BCUT2D eigenvalue weighted by Gasteiger charge is 2.12. The number of aryl methyl sites for hydroxylation is 1. The summed E-state index contributed by atoms with van der Waals surface area (Å²) >= 11 is 0. The van der Waals surface area contributed by atoms with Crippen LogP contribution >= 0.6 is 0 Å². The second-order valence-corrected chi connectivity index (χ2v) is 5.29. The van der Waals surface area contributed by atoms with Gasteiger partial charge in [-0.2, -0.15) is 0 Å². The first kappa shape index (κ1) is 16.5. The lowest BCUT2D eigenvalue weighted by atomic mass is 10.3. The quantitative estimate of drug-likeness (QED) is 0.799. The molecule has 0 aliphatic heterocycles. The molecule has 2 rings (SSSR count). The first-order valence-electron chi connectivity index (χ1n) is 7.22. The molecule has 1 heterocycles.